The van der Waals surface area contributed by atoms with Gasteiger partial charge in [0.15, 0.2) is 5.78 Å². The third kappa shape index (κ3) is 5.08. The van der Waals surface area contributed by atoms with Crippen LogP contribution in [-0.4, -0.2) is 71.7 Å². The van der Waals surface area contributed by atoms with Gasteiger partial charge in [-0.15, -0.1) is 0 Å². The quantitative estimate of drug-likeness (QED) is 0.273. The van der Waals surface area contributed by atoms with Gasteiger partial charge < -0.3 is 9.64 Å². The summed E-state index contributed by atoms with van der Waals surface area (Å²) in [5.41, 5.74) is 1.33. The number of carbonyl (C=O) groups is 3. The third-order valence-corrected chi connectivity index (χ3v) is 16.4. The van der Waals surface area contributed by atoms with Crippen LogP contribution in [0.5, 0.6) is 0 Å². The summed E-state index contributed by atoms with van der Waals surface area (Å²) in [5, 5.41) is 0. The summed E-state index contributed by atoms with van der Waals surface area (Å²) in [5.74, 6) is -1.36. The number of likely N-dealkylation sites (tertiary alicyclic amines) is 2. The van der Waals surface area contributed by atoms with Gasteiger partial charge in [0, 0.05) is 50.9 Å². The van der Waals surface area contributed by atoms with Gasteiger partial charge in [-0.3, -0.25) is 19.3 Å². The molecule has 49 heavy (non-hydrogen) atoms. The van der Waals surface area contributed by atoms with E-state index in [2.05, 4.69) is 48.5 Å². The van der Waals surface area contributed by atoms with Gasteiger partial charge in [0.2, 0.25) is 5.91 Å². The lowest BCUT2D eigenvalue weighted by Crippen LogP contribution is -2.66. The summed E-state index contributed by atoms with van der Waals surface area (Å²) in [6.07, 6.45) is 9.69. The molecule has 2 aliphatic heterocycles. The number of esters is 1. The number of ether oxygens (including phenoxy) is 1. The molecule has 0 spiro atoms. The number of halogens is 2. The van der Waals surface area contributed by atoms with Crippen molar-refractivity contribution < 1.29 is 27.9 Å². The lowest BCUT2D eigenvalue weighted by Gasteiger charge is -2.72. The van der Waals surface area contributed by atoms with E-state index in [0.717, 1.165) is 63.4 Å². The first kappa shape index (κ1) is 35.6. The molecule has 8 heteroatoms. The molecule has 9 atom stereocenters. The highest BCUT2D eigenvalue weighted by atomic mass is 19.3. The van der Waals surface area contributed by atoms with Crippen LogP contribution in [0.2, 0.25) is 0 Å². The summed E-state index contributed by atoms with van der Waals surface area (Å²) in [4.78, 5) is 45.2. The second-order valence-corrected chi connectivity index (χ2v) is 19.4. The Bertz CT molecular complexity index is 1440. The summed E-state index contributed by atoms with van der Waals surface area (Å²) in [6, 6.07) is -0.0718. The summed E-state index contributed by atoms with van der Waals surface area (Å²) >= 11 is 0. The Morgan fingerprint density at radius 2 is 1.61 bits per heavy atom. The van der Waals surface area contributed by atoms with Gasteiger partial charge in [-0.1, -0.05) is 48.5 Å². The summed E-state index contributed by atoms with van der Waals surface area (Å²) in [6.45, 7) is 19.3. The Morgan fingerprint density at radius 1 is 0.878 bits per heavy atom. The van der Waals surface area contributed by atoms with E-state index in [4.69, 9.17) is 4.74 Å². The lowest BCUT2D eigenvalue weighted by atomic mass is 9.33. The van der Waals surface area contributed by atoms with E-state index in [-0.39, 0.29) is 82.7 Å². The number of fused-ring (bicyclic) bond motifs is 7. The number of allylic oxidation sites excluding steroid dienone is 1. The number of hydrogen-bond acceptors (Lipinski definition) is 5. The zero-order chi connectivity index (χ0) is 35.5. The van der Waals surface area contributed by atoms with Gasteiger partial charge in [0.25, 0.3) is 5.92 Å². The smallest absolute Gasteiger partial charge is 0.302 e. The number of carbonyl (C=O) groups excluding carboxylic acids is 3. The maximum Gasteiger partial charge on any atom is 0.302 e. The van der Waals surface area contributed by atoms with E-state index >= 15 is 4.79 Å². The molecule has 1 amide bonds. The monoisotopic (exact) mass is 684 g/mol. The molecule has 0 aromatic rings. The molecule has 6 fully saturated rings. The van der Waals surface area contributed by atoms with Crippen molar-refractivity contribution in [1.29, 1.82) is 0 Å². The van der Waals surface area contributed by atoms with Crippen molar-refractivity contribution in [2.75, 3.05) is 26.2 Å². The Morgan fingerprint density at radius 3 is 2.27 bits per heavy atom. The van der Waals surface area contributed by atoms with Crippen LogP contribution in [0.25, 0.3) is 0 Å². The van der Waals surface area contributed by atoms with Gasteiger partial charge in [0.05, 0.1) is 12.0 Å². The minimum atomic E-state index is -2.65. The molecule has 0 aromatic heterocycles. The summed E-state index contributed by atoms with van der Waals surface area (Å²) < 4.78 is 34.2. The number of ketones is 1. The van der Waals surface area contributed by atoms with Gasteiger partial charge in [-0.25, -0.2) is 8.78 Å². The van der Waals surface area contributed by atoms with Crippen LogP contribution in [0.4, 0.5) is 8.78 Å². The van der Waals surface area contributed by atoms with Crippen LogP contribution in [0, 0.1) is 50.7 Å². The first-order valence-electron chi connectivity index (χ1n) is 19.7. The fourth-order valence-electron chi connectivity index (χ4n) is 14.1. The first-order valence-corrected chi connectivity index (χ1v) is 19.7. The van der Waals surface area contributed by atoms with Crippen LogP contribution in [0.15, 0.2) is 11.1 Å². The first-order chi connectivity index (χ1) is 22.8. The molecule has 7 aliphatic rings. The van der Waals surface area contributed by atoms with Gasteiger partial charge >= 0.3 is 5.97 Å². The normalized spacial score (nSPS) is 44.4. The average Bonchev–Trinajstić information content (AvgIpc) is 3.69. The molecule has 0 N–H and O–H groups in total. The zero-order valence-electron chi connectivity index (χ0n) is 31.6. The van der Waals surface area contributed by atoms with Crippen molar-refractivity contribution in [2.45, 2.75) is 151 Å². The largest absolute Gasteiger partial charge is 0.462 e. The maximum absolute atomic E-state index is 15.1. The highest BCUT2D eigenvalue weighted by Crippen LogP contribution is 2.77. The maximum atomic E-state index is 15.1. The molecule has 0 radical (unpaired) electrons. The molecule has 2 heterocycles. The molecular formula is C41H62F2N2O4. The predicted molar refractivity (Wildman–Crippen MR) is 186 cm³/mol. The average molecular weight is 685 g/mol. The molecule has 6 nitrogen and oxygen atoms in total. The third-order valence-electron chi connectivity index (χ3n) is 16.4. The van der Waals surface area contributed by atoms with Crippen molar-refractivity contribution in [3.05, 3.63) is 11.1 Å². The second kappa shape index (κ2) is 11.6. The van der Waals surface area contributed by atoms with Crippen LogP contribution in [0.1, 0.15) is 132 Å². The summed E-state index contributed by atoms with van der Waals surface area (Å²) in [7, 11) is 0. The SMILES string of the molecule is CC(=O)OC1CCC2(C)C(CCC3(C)C2CCC2C4=C(C(C)C)C(=O)CC4(C(=O)N4CCCC4CN4CCC(F)(F)C4)CCC23C)C1(C)C. The van der Waals surface area contributed by atoms with Crippen LogP contribution in [-0.2, 0) is 19.1 Å². The van der Waals surface area contributed by atoms with E-state index in [1.807, 2.05) is 9.80 Å². The van der Waals surface area contributed by atoms with Crippen molar-refractivity contribution in [2.24, 2.45) is 50.7 Å². The standard InChI is InChI=1S/C41H62F2N2O4/c1-25(2)33-29(47)22-40(35(48)45-20-9-10-27(45)23-44-21-19-41(42,43)24-44)18-17-38(7)28(34(33)40)11-12-31-37(6)15-14-32(49-26(3)46)36(4,5)30(37)13-16-39(31,38)8/h25,27-28,30-32H,9-24H2,1-8H3. The van der Waals surface area contributed by atoms with Gasteiger partial charge in [-0.2, -0.15) is 0 Å². The fourth-order valence-corrected chi connectivity index (χ4v) is 14.1. The molecule has 7 rings (SSSR count). The zero-order valence-corrected chi connectivity index (χ0v) is 31.6. The molecule has 0 bridgehead atoms. The van der Waals surface area contributed by atoms with E-state index in [1.165, 1.54) is 12.5 Å². The van der Waals surface area contributed by atoms with Crippen LogP contribution in [0.3, 0.4) is 0 Å². The van der Waals surface area contributed by atoms with E-state index in [9.17, 15) is 18.4 Å². The molecular weight excluding hydrogens is 622 g/mol. The van der Waals surface area contributed by atoms with Crippen LogP contribution >= 0.6 is 0 Å². The van der Waals surface area contributed by atoms with E-state index < -0.39 is 11.3 Å². The topological polar surface area (TPSA) is 66.9 Å². The Hall–Kier alpha value is -1.83. The minimum Gasteiger partial charge on any atom is -0.462 e. The van der Waals surface area contributed by atoms with Gasteiger partial charge in [-0.05, 0) is 115 Å². The number of alkyl halides is 2. The van der Waals surface area contributed by atoms with E-state index in [1.54, 1.807) is 0 Å². The molecule has 4 saturated carbocycles. The Balaban J connectivity index is 1.22. The number of nitrogens with zero attached hydrogens (tertiary/aromatic N) is 2. The lowest BCUT2D eigenvalue weighted by molar-refractivity contribution is -0.232. The molecule has 274 valence electrons. The molecule has 2 saturated heterocycles. The second-order valence-electron chi connectivity index (χ2n) is 19.4. The molecule has 9 unspecified atom stereocenters. The molecule has 0 aromatic carbocycles. The predicted octanol–water partition coefficient (Wildman–Crippen LogP) is 8.23. The highest BCUT2D eigenvalue weighted by Gasteiger charge is 2.71. The number of hydrogen-bond donors (Lipinski definition) is 0. The van der Waals surface area contributed by atoms with Crippen molar-refractivity contribution in [1.82, 2.24) is 9.80 Å². The number of amides is 1. The van der Waals surface area contributed by atoms with Crippen LogP contribution < -0.4 is 0 Å². The van der Waals surface area contributed by atoms with Crippen molar-refractivity contribution in [3.8, 4) is 0 Å². The highest BCUT2D eigenvalue weighted by molar-refractivity contribution is 6.07. The van der Waals surface area contributed by atoms with Gasteiger partial charge in [0.1, 0.15) is 6.10 Å². The van der Waals surface area contributed by atoms with E-state index in [0.29, 0.717) is 37.9 Å². The Kier molecular flexibility index (Phi) is 8.41. The Labute approximate surface area is 293 Å². The van der Waals surface area contributed by atoms with Crippen molar-refractivity contribution in [3.63, 3.8) is 0 Å². The minimum absolute atomic E-state index is 0.0454. The fraction of sp³-hybridized carbons (Fsp3) is 0.878. The van der Waals surface area contributed by atoms with Crippen molar-refractivity contribution >= 4 is 17.7 Å². The number of rotatable bonds is 5. The number of Topliss-reactive ketones (excluding diaryl/α,β-unsaturated/α-hetero) is 1. The molecule has 5 aliphatic carbocycles.